The highest BCUT2D eigenvalue weighted by Crippen LogP contribution is 2.26. The van der Waals surface area contributed by atoms with E-state index in [1.165, 1.54) is 12.8 Å². The molecule has 0 heterocycles. The second kappa shape index (κ2) is 7.42. The fourth-order valence-electron chi connectivity index (χ4n) is 2.22. The van der Waals surface area contributed by atoms with E-state index in [1.54, 1.807) is 6.07 Å². The van der Waals surface area contributed by atoms with Crippen molar-refractivity contribution in [2.75, 3.05) is 0 Å². The summed E-state index contributed by atoms with van der Waals surface area (Å²) in [5.74, 6) is 1.15. The number of nitrogens with one attached hydrogen (secondary N) is 1. The molecule has 18 heavy (non-hydrogen) atoms. The highest BCUT2D eigenvalue weighted by atomic mass is 16.3. The van der Waals surface area contributed by atoms with E-state index in [2.05, 4.69) is 33.0 Å². The SMILES string of the molecule is CCC(NC(C)CCC(C)C)c1ccccc1O. The van der Waals surface area contributed by atoms with Gasteiger partial charge in [0.1, 0.15) is 5.75 Å². The number of hydrogen-bond donors (Lipinski definition) is 2. The van der Waals surface area contributed by atoms with Crippen LogP contribution in [0.2, 0.25) is 0 Å². The van der Waals surface area contributed by atoms with Crippen molar-refractivity contribution in [1.29, 1.82) is 0 Å². The Morgan fingerprint density at radius 2 is 1.78 bits per heavy atom. The van der Waals surface area contributed by atoms with E-state index in [-0.39, 0.29) is 6.04 Å². The van der Waals surface area contributed by atoms with E-state index in [9.17, 15) is 5.11 Å². The third-order valence-electron chi connectivity index (χ3n) is 3.38. The Balaban J connectivity index is 2.59. The Morgan fingerprint density at radius 3 is 2.33 bits per heavy atom. The first kappa shape index (κ1) is 15.0. The topological polar surface area (TPSA) is 32.3 Å². The third-order valence-corrected chi connectivity index (χ3v) is 3.38. The van der Waals surface area contributed by atoms with Gasteiger partial charge in [0.2, 0.25) is 0 Å². The summed E-state index contributed by atoms with van der Waals surface area (Å²) in [6, 6.07) is 8.35. The van der Waals surface area contributed by atoms with Crippen LogP contribution in [0.15, 0.2) is 24.3 Å². The summed E-state index contributed by atoms with van der Waals surface area (Å²) >= 11 is 0. The molecule has 1 rings (SSSR count). The summed E-state index contributed by atoms with van der Waals surface area (Å²) in [5, 5.41) is 13.5. The van der Waals surface area contributed by atoms with Crippen molar-refractivity contribution in [2.24, 2.45) is 5.92 Å². The number of aromatic hydroxyl groups is 1. The average molecular weight is 249 g/mol. The average Bonchev–Trinajstić information content (AvgIpc) is 2.34. The molecule has 1 aromatic carbocycles. The lowest BCUT2D eigenvalue weighted by Gasteiger charge is -2.24. The van der Waals surface area contributed by atoms with Gasteiger partial charge in [-0.1, -0.05) is 39.0 Å². The zero-order valence-corrected chi connectivity index (χ0v) is 12.1. The molecule has 0 aliphatic carbocycles. The van der Waals surface area contributed by atoms with Gasteiger partial charge in [-0.05, 0) is 38.2 Å². The van der Waals surface area contributed by atoms with E-state index in [1.807, 2.05) is 18.2 Å². The lowest BCUT2D eigenvalue weighted by atomic mass is 10.00. The van der Waals surface area contributed by atoms with Gasteiger partial charge < -0.3 is 10.4 Å². The molecule has 1 aromatic rings. The van der Waals surface area contributed by atoms with E-state index >= 15 is 0 Å². The summed E-state index contributed by atoms with van der Waals surface area (Å²) in [6.45, 7) is 8.89. The van der Waals surface area contributed by atoms with Crippen molar-refractivity contribution in [3.63, 3.8) is 0 Å². The minimum absolute atomic E-state index is 0.244. The van der Waals surface area contributed by atoms with Crippen LogP contribution in [0.1, 0.15) is 58.6 Å². The van der Waals surface area contributed by atoms with Gasteiger partial charge >= 0.3 is 0 Å². The van der Waals surface area contributed by atoms with Crippen LogP contribution in [-0.2, 0) is 0 Å². The summed E-state index contributed by atoms with van der Waals surface area (Å²) in [6.07, 6.45) is 3.41. The molecule has 2 atom stereocenters. The van der Waals surface area contributed by atoms with Gasteiger partial charge in [-0.25, -0.2) is 0 Å². The van der Waals surface area contributed by atoms with Gasteiger partial charge in [-0.2, -0.15) is 0 Å². The Hall–Kier alpha value is -1.02. The second-order valence-corrected chi connectivity index (χ2v) is 5.56. The van der Waals surface area contributed by atoms with E-state index < -0.39 is 0 Å². The summed E-state index contributed by atoms with van der Waals surface area (Å²) < 4.78 is 0. The molecule has 0 saturated carbocycles. The molecule has 0 aliphatic heterocycles. The highest BCUT2D eigenvalue weighted by molar-refractivity contribution is 5.34. The van der Waals surface area contributed by atoms with Crippen molar-refractivity contribution >= 4 is 0 Å². The lowest BCUT2D eigenvalue weighted by Crippen LogP contribution is -2.30. The molecule has 0 amide bonds. The maximum absolute atomic E-state index is 9.90. The van der Waals surface area contributed by atoms with Crippen LogP contribution in [0.5, 0.6) is 5.75 Å². The zero-order chi connectivity index (χ0) is 13.5. The lowest BCUT2D eigenvalue weighted by molar-refractivity contribution is 0.385. The summed E-state index contributed by atoms with van der Waals surface area (Å²) in [5.41, 5.74) is 1.01. The monoisotopic (exact) mass is 249 g/mol. The van der Waals surface area contributed by atoms with Gasteiger partial charge in [0.25, 0.3) is 0 Å². The second-order valence-electron chi connectivity index (χ2n) is 5.56. The zero-order valence-electron chi connectivity index (χ0n) is 12.1. The molecule has 2 heteroatoms. The van der Waals surface area contributed by atoms with Crippen LogP contribution in [-0.4, -0.2) is 11.1 Å². The van der Waals surface area contributed by atoms with Gasteiger partial charge in [-0.3, -0.25) is 0 Å². The first-order valence-electron chi connectivity index (χ1n) is 7.08. The first-order valence-corrected chi connectivity index (χ1v) is 7.08. The first-order chi connectivity index (χ1) is 8.54. The maximum Gasteiger partial charge on any atom is 0.120 e. The normalized spacial score (nSPS) is 14.7. The van der Waals surface area contributed by atoms with E-state index in [4.69, 9.17) is 0 Å². The van der Waals surface area contributed by atoms with E-state index in [0.717, 1.165) is 17.9 Å². The number of phenols is 1. The minimum atomic E-state index is 0.244. The summed E-state index contributed by atoms with van der Waals surface area (Å²) in [7, 11) is 0. The quantitative estimate of drug-likeness (QED) is 0.757. The molecule has 102 valence electrons. The largest absolute Gasteiger partial charge is 0.508 e. The molecule has 0 aromatic heterocycles. The number of rotatable bonds is 7. The standard InChI is InChI=1S/C16H27NO/c1-5-15(14-8-6-7-9-16(14)18)17-13(4)11-10-12(2)3/h6-9,12-13,15,17-18H,5,10-11H2,1-4H3. The molecular weight excluding hydrogens is 222 g/mol. The van der Waals surface area contributed by atoms with Gasteiger partial charge in [0.05, 0.1) is 0 Å². The van der Waals surface area contributed by atoms with Crippen LogP contribution in [0, 0.1) is 5.92 Å². The predicted molar refractivity (Wildman–Crippen MR) is 77.8 cm³/mol. The van der Waals surface area contributed by atoms with Crippen LogP contribution >= 0.6 is 0 Å². The summed E-state index contributed by atoms with van der Waals surface area (Å²) in [4.78, 5) is 0. The highest BCUT2D eigenvalue weighted by Gasteiger charge is 2.15. The van der Waals surface area contributed by atoms with Gasteiger partial charge in [0.15, 0.2) is 0 Å². The number of benzene rings is 1. The van der Waals surface area contributed by atoms with Crippen molar-refractivity contribution in [1.82, 2.24) is 5.32 Å². The fraction of sp³-hybridized carbons (Fsp3) is 0.625. The van der Waals surface area contributed by atoms with Crippen LogP contribution in [0.25, 0.3) is 0 Å². The molecule has 0 spiro atoms. The predicted octanol–water partition coefficient (Wildman–Crippen LogP) is 4.26. The molecule has 2 N–H and O–H groups in total. The molecule has 2 nitrogen and oxygen atoms in total. The van der Waals surface area contributed by atoms with Crippen LogP contribution in [0.3, 0.4) is 0 Å². The van der Waals surface area contributed by atoms with Gasteiger partial charge in [-0.15, -0.1) is 0 Å². The van der Waals surface area contributed by atoms with Gasteiger partial charge in [0, 0.05) is 17.6 Å². The Kier molecular flexibility index (Phi) is 6.20. The number of hydrogen-bond acceptors (Lipinski definition) is 2. The van der Waals surface area contributed by atoms with Crippen LogP contribution in [0.4, 0.5) is 0 Å². The Morgan fingerprint density at radius 1 is 1.11 bits per heavy atom. The molecule has 0 saturated heterocycles. The van der Waals surface area contributed by atoms with Crippen molar-refractivity contribution < 1.29 is 5.11 Å². The fourth-order valence-corrected chi connectivity index (χ4v) is 2.22. The molecule has 0 bridgehead atoms. The molecule has 0 fully saturated rings. The third kappa shape index (κ3) is 4.69. The van der Waals surface area contributed by atoms with Crippen molar-refractivity contribution in [3.8, 4) is 5.75 Å². The smallest absolute Gasteiger partial charge is 0.120 e. The molecule has 0 aliphatic rings. The number of phenolic OH excluding ortho intramolecular Hbond substituents is 1. The molecule has 2 unspecified atom stereocenters. The molecular formula is C16H27NO. The minimum Gasteiger partial charge on any atom is -0.508 e. The Labute approximate surface area is 111 Å². The molecule has 0 radical (unpaired) electrons. The maximum atomic E-state index is 9.90. The van der Waals surface area contributed by atoms with Crippen molar-refractivity contribution in [2.45, 2.75) is 59.0 Å². The Bertz CT molecular complexity index is 349. The van der Waals surface area contributed by atoms with Crippen LogP contribution < -0.4 is 5.32 Å². The van der Waals surface area contributed by atoms with E-state index in [0.29, 0.717) is 11.8 Å². The van der Waals surface area contributed by atoms with Crippen molar-refractivity contribution in [3.05, 3.63) is 29.8 Å². The number of para-hydroxylation sites is 1.